The maximum atomic E-state index is 12.3. The maximum Gasteiger partial charge on any atom is 0.256 e. The zero-order valence-electron chi connectivity index (χ0n) is 13.8. The van der Waals surface area contributed by atoms with Crippen molar-refractivity contribution < 1.29 is 9.90 Å². The SMILES string of the molecule is C[C@@](O)(C(=O)NCCc1nc(-c2ccncc2)n[nH]1)c1ccccc1. The van der Waals surface area contributed by atoms with Crippen molar-refractivity contribution >= 4 is 5.91 Å². The third-order valence-corrected chi connectivity index (χ3v) is 3.90. The number of nitrogens with one attached hydrogen (secondary N) is 2. The summed E-state index contributed by atoms with van der Waals surface area (Å²) < 4.78 is 0. The second-order valence-electron chi connectivity index (χ2n) is 5.79. The number of benzene rings is 1. The van der Waals surface area contributed by atoms with Gasteiger partial charge in [-0.15, -0.1) is 0 Å². The fraction of sp³-hybridized carbons (Fsp3) is 0.222. The number of aliphatic hydroxyl groups is 1. The molecule has 1 amide bonds. The molecule has 0 bridgehead atoms. The maximum absolute atomic E-state index is 12.3. The molecule has 7 nitrogen and oxygen atoms in total. The number of rotatable bonds is 6. The quantitative estimate of drug-likeness (QED) is 0.631. The average molecular weight is 337 g/mol. The molecular weight excluding hydrogens is 318 g/mol. The molecular formula is C18H19N5O2. The topological polar surface area (TPSA) is 104 Å². The Morgan fingerprint density at radius 3 is 2.64 bits per heavy atom. The molecule has 0 saturated heterocycles. The third kappa shape index (κ3) is 3.89. The summed E-state index contributed by atoms with van der Waals surface area (Å²) in [6.07, 6.45) is 3.84. The Bertz CT molecular complexity index is 831. The van der Waals surface area contributed by atoms with E-state index in [1.165, 1.54) is 6.92 Å². The Labute approximate surface area is 145 Å². The number of amides is 1. The van der Waals surface area contributed by atoms with Crippen LogP contribution in [0.1, 0.15) is 18.3 Å². The van der Waals surface area contributed by atoms with Gasteiger partial charge < -0.3 is 10.4 Å². The van der Waals surface area contributed by atoms with Gasteiger partial charge in [-0.1, -0.05) is 30.3 Å². The molecule has 0 aliphatic heterocycles. The molecule has 3 rings (SSSR count). The van der Waals surface area contributed by atoms with Crippen molar-refractivity contribution in [2.45, 2.75) is 18.9 Å². The van der Waals surface area contributed by atoms with Crippen molar-refractivity contribution in [3.63, 3.8) is 0 Å². The molecule has 3 N–H and O–H groups in total. The highest BCUT2D eigenvalue weighted by molar-refractivity contribution is 5.85. The van der Waals surface area contributed by atoms with E-state index in [0.717, 1.165) is 5.56 Å². The molecule has 0 fully saturated rings. The van der Waals surface area contributed by atoms with Gasteiger partial charge in [-0.25, -0.2) is 4.98 Å². The van der Waals surface area contributed by atoms with Gasteiger partial charge in [0.2, 0.25) is 0 Å². The summed E-state index contributed by atoms with van der Waals surface area (Å²) in [5.41, 5.74) is -0.161. The number of aromatic nitrogens is 4. The lowest BCUT2D eigenvalue weighted by Gasteiger charge is -2.22. The highest BCUT2D eigenvalue weighted by atomic mass is 16.3. The number of pyridine rings is 1. The van der Waals surface area contributed by atoms with Crippen LogP contribution in [0.2, 0.25) is 0 Å². The predicted molar refractivity (Wildman–Crippen MR) is 92.3 cm³/mol. The van der Waals surface area contributed by atoms with E-state index in [-0.39, 0.29) is 0 Å². The van der Waals surface area contributed by atoms with Crippen molar-refractivity contribution in [3.8, 4) is 11.4 Å². The second kappa shape index (κ2) is 7.23. The summed E-state index contributed by atoms with van der Waals surface area (Å²) >= 11 is 0. The minimum Gasteiger partial charge on any atom is -0.376 e. The summed E-state index contributed by atoms with van der Waals surface area (Å²) in [5, 5.41) is 20.2. The van der Waals surface area contributed by atoms with Crippen LogP contribution in [-0.4, -0.2) is 37.7 Å². The molecule has 2 aromatic heterocycles. The summed E-state index contributed by atoms with van der Waals surface area (Å²) in [7, 11) is 0. The Balaban J connectivity index is 1.56. The van der Waals surface area contributed by atoms with Gasteiger partial charge in [0.15, 0.2) is 11.4 Å². The van der Waals surface area contributed by atoms with E-state index in [0.29, 0.717) is 30.2 Å². The normalized spacial score (nSPS) is 13.2. The van der Waals surface area contributed by atoms with Crippen LogP contribution < -0.4 is 5.32 Å². The average Bonchev–Trinajstić information content (AvgIpc) is 3.12. The zero-order chi connectivity index (χ0) is 17.7. The minimum absolute atomic E-state index is 0.340. The van der Waals surface area contributed by atoms with Gasteiger partial charge in [-0.2, -0.15) is 5.10 Å². The van der Waals surface area contributed by atoms with Crippen LogP contribution in [0.5, 0.6) is 0 Å². The molecule has 2 heterocycles. The van der Waals surface area contributed by atoms with E-state index >= 15 is 0 Å². The van der Waals surface area contributed by atoms with Crippen molar-refractivity contribution in [1.29, 1.82) is 0 Å². The molecule has 3 aromatic rings. The monoisotopic (exact) mass is 337 g/mol. The van der Waals surface area contributed by atoms with Gasteiger partial charge in [-0.3, -0.25) is 14.9 Å². The van der Waals surface area contributed by atoms with Gasteiger partial charge in [0.05, 0.1) is 0 Å². The Hall–Kier alpha value is -3.06. The van der Waals surface area contributed by atoms with Crippen molar-refractivity contribution in [3.05, 3.63) is 66.2 Å². The van der Waals surface area contributed by atoms with E-state index in [2.05, 4.69) is 25.5 Å². The highest BCUT2D eigenvalue weighted by Gasteiger charge is 2.31. The first-order valence-corrected chi connectivity index (χ1v) is 7.95. The second-order valence-corrected chi connectivity index (χ2v) is 5.79. The van der Waals surface area contributed by atoms with E-state index in [4.69, 9.17) is 0 Å². The van der Waals surface area contributed by atoms with Crippen LogP contribution in [-0.2, 0) is 16.8 Å². The van der Waals surface area contributed by atoms with Crippen molar-refractivity contribution in [2.24, 2.45) is 0 Å². The van der Waals surface area contributed by atoms with E-state index in [1.807, 2.05) is 18.2 Å². The predicted octanol–water partition coefficient (Wildman–Crippen LogP) is 1.43. The Morgan fingerprint density at radius 1 is 1.20 bits per heavy atom. The lowest BCUT2D eigenvalue weighted by molar-refractivity contribution is -0.138. The highest BCUT2D eigenvalue weighted by Crippen LogP contribution is 2.20. The van der Waals surface area contributed by atoms with E-state index in [1.54, 1.807) is 36.7 Å². The fourth-order valence-corrected chi connectivity index (χ4v) is 2.40. The molecule has 7 heteroatoms. The number of aromatic amines is 1. The van der Waals surface area contributed by atoms with Crippen LogP contribution in [0.25, 0.3) is 11.4 Å². The Kier molecular flexibility index (Phi) is 4.85. The zero-order valence-corrected chi connectivity index (χ0v) is 13.8. The van der Waals surface area contributed by atoms with Crippen LogP contribution in [0.3, 0.4) is 0 Å². The van der Waals surface area contributed by atoms with Gasteiger partial charge in [-0.05, 0) is 24.6 Å². The third-order valence-electron chi connectivity index (χ3n) is 3.90. The molecule has 0 aliphatic rings. The van der Waals surface area contributed by atoms with Gasteiger partial charge >= 0.3 is 0 Å². The molecule has 1 aromatic carbocycles. The standard InChI is InChI=1S/C18H19N5O2/c1-18(25,14-5-3-2-4-6-14)17(24)20-12-9-15-21-16(23-22-15)13-7-10-19-11-8-13/h2-8,10-11,25H,9,12H2,1H3,(H,20,24)(H,21,22,23)/t18-/m0/s1. The van der Waals surface area contributed by atoms with Crippen LogP contribution in [0, 0.1) is 0 Å². The molecule has 128 valence electrons. The molecule has 0 saturated carbocycles. The number of nitrogens with zero attached hydrogens (tertiary/aromatic N) is 3. The van der Waals surface area contributed by atoms with E-state index < -0.39 is 11.5 Å². The number of hydrogen-bond donors (Lipinski definition) is 3. The number of carbonyl (C=O) groups is 1. The minimum atomic E-state index is -1.58. The number of H-pyrrole nitrogens is 1. The first-order valence-electron chi connectivity index (χ1n) is 7.95. The van der Waals surface area contributed by atoms with Crippen molar-refractivity contribution in [2.75, 3.05) is 6.54 Å². The first kappa shape index (κ1) is 16.8. The summed E-state index contributed by atoms with van der Waals surface area (Å²) in [6, 6.07) is 12.5. The fourth-order valence-electron chi connectivity index (χ4n) is 2.40. The first-order chi connectivity index (χ1) is 12.1. The number of hydrogen-bond acceptors (Lipinski definition) is 5. The lowest BCUT2D eigenvalue weighted by Crippen LogP contribution is -2.42. The molecule has 0 spiro atoms. The summed E-state index contributed by atoms with van der Waals surface area (Å²) in [6.45, 7) is 1.82. The largest absolute Gasteiger partial charge is 0.376 e. The molecule has 0 unspecified atom stereocenters. The van der Waals surface area contributed by atoms with Gasteiger partial charge in [0, 0.05) is 30.9 Å². The summed E-state index contributed by atoms with van der Waals surface area (Å²) in [4.78, 5) is 20.6. The molecule has 25 heavy (non-hydrogen) atoms. The smallest absolute Gasteiger partial charge is 0.256 e. The molecule has 0 radical (unpaired) electrons. The number of carbonyl (C=O) groups excluding carboxylic acids is 1. The van der Waals surface area contributed by atoms with Gasteiger partial charge in [0.1, 0.15) is 5.82 Å². The lowest BCUT2D eigenvalue weighted by atomic mass is 9.95. The summed E-state index contributed by atoms with van der Waals surface area (Å²) in [5.74, 6) is 0.791. The van der Waals surface area contributed by atoms with Crippen molar-refractivity contribution in [1.82, 2.24) is 25.5 Å². The van der Waals surface area contributed by atoms with Crippen LogP contribution in [0.4, 0.5) is 0 Å². The van der Waals surface area contributed by atoms with Crippen LogP contribution in [0.15, 0.2) is 54.9 Å². The van der Waals surface area contributed by atoms with Gasteiger partial charge in [0.25, 0.3) is 5.91 Å². The van der Waals surface area contributed by atoms with Crippen LogP contribution >= 0.6 is 0 Å². The molecule has 0 aliphatic carbocycles. The molecule has 1 atom stereocenters. The Morgan fingerprint density at radius 2 is 1.92 bits per heavy atom. The van der Waals surface area contributed by atoms with E-state index in [9.17, 15) is 9.90 Å².